The SMILES string of the molecule is C1CC2CC2C1.CCBr. The maximum Gasteiger partial charge on any atom is 0.000281 e. The van der Waals surface area contributed by atoms with Gasteiger partial charge in [0.05, 0.1) is 0 Å². The van der Waals surface area contributed by atoms with Crippen molar-refractivity contribution in [2.45, 2.75) is 32.6 Å². The fraction of sp³-hybridized carbons (Fsp3) is 1.00. The zero-order chi connectivity index (χ0) is 6.69. The van der Waals surface area contributed by atoms with E-state index < -0.39 is 0 Å². The minimum atomic E-state index is 1.06. The monoisotopic (exact) mass is 190 g/mol. The van der Waals surface area contributed by atoms with E-state index in [1.807, 2.05) is 6.92 Å². The second-order valence-electron chi connectivity index (χ2n) is 2.95. The lowest BCUT2D eigenvalue weighted by Crippen LogP contribution is -1.64. The number of halogens is 1. The van der Waals surface area contributed by atoms with E-state index in [4.69, 9.17) is 0 Å². The van der Waals surface area contributed by atoms with Gasteiger partial charge < -0.3 is 0 Å². The molecule has 0 nitrogen and oxygen atoms in total. The minimum Gasteiger partial charge on any atom is -0.0931 e. The van der Waals surface area contributed by atoms with Crippen LogP contribution in [0.15, 0.2) is 0 Å². The lowest BCUT2D eigenvalue weighted by molar-refractivity contribution is 0.735. The van der Waals surface area contributed by atoms with Gasteiger partial charge in [0.25, 0.3) is 0 Å². The molecule has 0 spiro atoms. The Morgan fingerprint density at radius 1 is 1.33 bits per heavy atom. The average molecular weight is 191 g/mol. The van der Waals surface area contributed by atoms with E-state index in [0.717, 1.165) is 5.33 Å². The van der Waals surface area contributed by atoms with Crippen LogP contribution in [-0.2, 0) is 0 Å². The highest BCUT2D eigenvalue weighted by Gasteiger charge is 2.40. The summed E-state index contributed by atoms with van der Waals surface area (Å²) in [7, 11) is 0. The van der Waals surface area contributed by atoms with Gasteiger partial charge in [-0.1, -0.05) is 42.1 Å². The maximum atomic E-state index is 3.15. The van der Waals surface area contributed by atoms with E-state index in [9.17, 15) is 0 Å². The van der Waals surface area contributed by atoms with Crippen molar-refractivity contribution in [3.05, 3.63) is 0 Å². The van der Waals surface area contributed by atoms with Crippen molar-refractivity contribution < 1.29 is 0 Å². The molecule has 0 N–H and O–H groups in total. The second-order valence-corrected chi connectivity index (χ2v) is 4.08. The Kier molecular flexibility index (Phi) is 3.03. The number of rotatable bonds is 0. The Hall–Kier alpha value is 0.480. The van der Waals surface area contributed by atoms with Gasteiger partial charge in [-0.15, -0.1) is 0 Å². The first kappa shape index (κ1) is 7.59. The van der Waals surface area contributed by atoms with Crippen molar-refractivity contribution >= 4 is 15.9 Å². The van der Waals surface area contributed by atoms with E-state index >= 15 is 0 Å². The molecule has 0 aromatic heterocycles. The van der Waals surface area contributed by atoms with E-state index in [1.54, 1.807) is 19.3 Å². The fourth-order valence-corrected chi connectivity index (χ4v) is 1.66. The van der Waals surface area contributed by atoms with Crippen LogP contribution in [0.3, 0.4) is 0 Å². The Balaban J connectivity index is 0.000000120. The third kappa shape index (κ3) is 2.29. The molecular weight excluding hydrogens is 176 g/mol. The van der Waals surface area contributed by atoms with Gasteiger partial charge in [-0.05, 0) is 18.3 Å². The molecule has 2 aliphatic rings. The van der Waals surface area contributed by atoms with Crippen LogP contribution in [0.4, 0.5) is 0 Å². The molecule has 0 aliphatic heterocycles. The summed E-state index contributed by atoms with van der Waals surface area (Å²) < 4.78 is 0. The van der Waals surface area contributed by atoms with Gasteiger partial charge in [0.2, 0.25) is 0 Å². The molecule has 0 heterocycles. The summed E-state index contributed by atoms with van der Waals surface area (Å²) in [5.74, 6) is 2.43. The molecule has 0 saturated heterocycles. The van der Waals surface area contributed by atoms with Gasteiger partial charge in [0, 0.05) is 5.33 Å². The number of hydrogen-bond donors (Lipinski definition) is 0. The smallest absolute Gasteiger partial charge is 0.000281 e. The summed E-state index contributed by atoms with van der Waals surface area (Å²) in [6.07, 6.45) is 6.24. The van der Waals surface area contributed by atoms with Crippen LogP contribution in [0.2, 0.25) is 0 Å². The van der Waals surface area contributed by atoms with Crippen molar-refractivity contribution in [1.29, 1.82) is 0 Å². The van der Waals surface area contributed by atoms with Gasteiger partial charge in [-0.25, -0.2) is 0 Å². The third-order valence-corrected chi connectivity index (χ3v) is 2.22. The standard InChI is InChI=1S/C6H10.C2H5Br/c1-2-5-4-6(5)3-1;1-2-3/h5-6H,1-4H2;2H2,1H3. The molecule has 2 atom stereocenters. The Bertz CT molecular complexity index is 72.6. The highest BCUT2D eigenvalue weighted by atomic mass is 79.9. The van der Waals surface area contributed by atoms with Gasteiger partial charge >= 0.3 is 0 Å². The minimum absolute atomic E-state index is 1.06. The average Bonchev–Trinajstić information content (AvgIpc) is 2.43. The molecule has 0 aromatic rings. The van der Waals surface area contributed by atoms with E-state index in [0.29, 0.717) is 0 Å². The lowest BCUT2D eigenvalue weighted by Gasteiger charge is -1.80. The van der Waals surface area contributed by atoms with Gasteiger partial charge in [-0.2, -0.15) is 0 Å². The van der Waals surface area contributed by atoms with Crippen LogP contribution in [0, 0.1) is 11.8 Å². The number of alkyl halides is 1. The van der Waals surface area contributed by atoms with Crippen LogP contribution in [0.25, 0.3) is 0 Å². The first-order chi connectivity index (χ1) is 4.38. The topological polar surface area (TPSA) is 0 Å². The quantitative estimate of drug-likeness (QED) is 0.515. The van der Waals surface area contributed by atoms with Crippen LogP contribution >= 0.6 is 15.9 Å². The van der Waals surface area contributed by atoms with Crippen molar-refractivity contribution in [3.63, 3.8) is 0 Å². The van der Waals surface area contributed by atoms with Crippen LogP contribution < -0.4 is 0 Å². The molecule has 2 unspecified atom stereocenters. The van der Waals surface area contributed by atoms with Crippen molar-refractivity contribution in [1.82, 2.24) is 0 Å². The predicted octanol–water partition coefficient (Wildman–Crippen LogP) is 3.21. The zero-order valence-electron chi connectivity index (χ0n) is 6.07. The van der Waals surface area contributed by atoms with Crippen molar-refractivity contribution in [2.75, 3.05) is 5.33 Å². The molecule has 1 heteroatoms. The van der Waals surface area contributed by atoms with Crippen LogP contribution in [0.1, 0.15) is 32.6 Å². The molecule has 0 bridgehead atoms. The molecule has 9 heavy (non-hydrogen) atoms. The van der Waals surface area contributed by atoms with E-state index in [2.05, 4.69) is 15.9 Å². The normalized spacial score (nSPS) is 36.7. The number of fused-ring (bicyclic) bond motifs is 1. The largest absolute Gasteiger partial charge is 0.0931 e. The first-order valence-corrected chi connectivity index (χ1v) is 5.06. The third-order valence-electron chi connectivity index (χ3n) is 2.22. The molecule has 2 fully saturated rings. The molecule has 0 aromatic carbocycles. The van der Waals surface area contributed by atoms with Crippen LogP contribution in [0.5, 0.6) is 0 Å². The molecular formula is C8H15Br. The second kappa shape index (κ2) is 3.60. The Labute approximate surface area is 66.2 Å². The summed E-state index contributed by atoms with van der Waals surface area (Å²) in [5, 5.41) is 1.06. The molecule has 2 aliphatic carbocycles. The summed E-state index contributed by atoms with van der Waals surface area (Å²) in [4.78, 5) is 0. The molecule has 0 radical (unpaired) electrons. The molecule has 2 saturated carbocycles. The summed E-state index contributed by atoms with van der Waals surface area (Å²) >= 11 is 3.15. The van der Waals surface area contributed by atoms with Crippen molar-refractivity contribution in [2.24, 2.45) is 11.8 Å². The molecule has 2 rings (SSSR count). The van der Waals surface area contributed by atoms with Gasteiger partial charge in [0.1, 0.15) is 0 Å². The fourth-order valence-electron chi connectivity index (χ4n) is 1.66. The molecule has 0 amide bonds. The summed E-state index contributed by atoms with van der Waals surface area (Å²) in [6.45, 7) is 2.04. The summed E-state index contributed by atoms with van der Waals surface area (Å²) in [5.41, 5.74) is 0. The Morgan fingerprint density at radius 2 is 1.78 bits per heavy atom. The predicted molar refractivity (Wildman–Crippen MR) is 44.9 cm³/mol. The summed E-state index contributed by atoms with van der Waals surface area (Å²) in [6, 6.07) is 0. The van der Waals surface area contributed by atoms with Crippen molar-refractivity contribution in [3.8, 4) is 0 Å². The van der Waals surface area contributed by atoms with E-state index in [-0.39, 0.29) is 0 Å². The lowest BCUT2D eigenvalue weighted by atomic mass is 10.3. The zero-order valence-corrected chi connectivity index (χ0v) is 7.65. The maximum absolute atomic E-state index is 3.15. The van der Waals surface area contributed by atoms with Crippen LogP contribution in [-0.4, -0.2) is 5.33 Å². The highest BCUT2D eigenvalue weighted by Crippen LogP contribution is 2.51. The van der Waals surface area contributed by atoms with Gasteiger partial charge in [0.15, 0.2) is 0 Å². The Morgan fingerprint density at radius 3 is 1.89 bits per heavy atom. The highest BCUT2D eigenvalue weighted by molar-refractivity contribution is 9.09. The molecule has 54 valence electrons. The van der Waals surface area contributed by atoms with E-state index in [1.165, 1.54) is 18.3 Å². The van der Waals surface area contributed by atoms with Gasteiger partial charge in [-0.3, -0.25) is 0 Å². The first-order valence-electron chi connectivity index (χ1n) is 3.94. The number of hydrogen-bond acceptors (Lipinski definition) is 0.